The minimum absolute atomic E-state index is 0.137. The van der Waals surface area contributed by atoms with Crippen LogP contribution >= 0.6 is 11.6 Å². The van der Waals surface area contributed by atoms with Crippen molar-refractivity contribution in [2.45, 2.75) is 0 Å². The molecule has 0 aromatic heterocycles. The molecule has 0 spiro atoms. The Morgan fingerprint density at radius 3 is 2.35 bits per heavy atom. The van der Waals surface area contributed by atoms with Crippen LogP contribution in [0.3, 0.4) is 0 Å². The first-order valence-electron chi connectivity index (χ1n) is 6.62. The Morgan fingerprint density at radius 1 is 1.13 bits per heavy atom. The first-order valence-corrected chi connectivity index (χ1v) is 8.51. The molecule has 2 aromatic rings. The van der Waals surface area contributed by atoms with Crippen LogP contribution in [0, 0.1) is 0 Å². The molecule has 7 heteroatoms. The molecule has 0 bridgehead atoms. The van der Waals surface area contributed by atoms with Crippen molar-refractivity contribution in [3.8, 4) is 0 Å². The second kappa shape index (κ2) is 6.85. The van der Waals surface area contributed by atoms with E-state index in [9.17, 15) is 13.2 Å². The molecule has 0 unspecified atom stereocenters. The van der Waals surface area contributed by atoms with Gasteiger partial charge in [-0.2, -0.15) is 0 Å². The maximum atomic E-state index is 12.4. The Hall–Kier alpha value is -2.31. The number of carbonyl (C=O) groups is 1. The number of halogens is 1. The van der Waals surface area contributed by atoms with Gasteiger partial charge in [-0.15, -0.1) is 0 Å². The smallest absolute Gasteiger partial charge is 0.257 e. The monoisotopic (exact) mass is 350 g/mol. The van der Waals surface area contributed by atoms with E-state index in [1.54, 1.807) is 36.4 Å². The number of hydrogen-bond acceptors (Lipinski definition) is 3. The van der Waals surface area contributed by atoms with E-state index in [-0.39, 0.29) is 11.3 Å². The standard InChI is InChI=1S/C16H15ClN2O3S/c1-19(15-5-3-2-4-14(15)16(18)20)23(21,22)11-10-12-6-8-13(17)9-7-12/h2-11H,1H3,(H2,18,20)/b11-10+. The average molecular weight is 351 g/mol. The normalized spacial score (nSPS) is 11.6. The van der Waals surface area contributed by atoms with E-state index in [4.69, 9.17) is 17.3 Å². The van der Waals surface area contributed by atoms with Crippen molar-refractivity contribution in [3.63, 3.8) is 0 Å². The maximum absolute atomic E-state index is 12.4. The topological polar surface area (TPSA) is 80.5 Å². The third kappa shape index (κ3) is 4.12. The Balaban J connectivity index is 2.32. The summed E-state index contributed by atoms with van der Waals surface area (Å²) in [5, 5.41) is 1.63. The van der Waals surface area contributed by atoms with Crippen molar-refractivity contribution < 1.29 is 13.2 Å². The number of hydrogen-bond donors (Lipinski definition) is 1. The van der Waals surface area contributed by atoms with Gasteiger partial charge in [-0.25, -0.2) is 8.42 Å². The number of nitrogens with zero attached hydrogens (tertiary/aromatic N) is 1. The summed E-state index contributed by atoms with van der Waals surface area (Å²) < 4.78 is 25.8. The van der Waals surface area contributed by atoms with Crippen LogP contribution in [-0.4, -0.2) is 21.4 Å². The highest BCUT2D eigenvalue weighted by Gasteiger charge is 2.19. The summed E-state index contributed by atoms with van der Waals surface area (Å²) >= 11 is 5.78. The van der Waals surface area contributed by atoms with E-state index < -0.39 is 15.9 Å². The van der Waals surface area contributed by atoms with E-state index >= 15 is 0 Å². The molecule has 120 valence electrons. The van der Waals surface area contributed by atoms with E-state index in [1.807, 2.05) is 0 Å². The number of carbonyl (C=O) groups excluding carboxylic acids is 1. The molecule has 1 amide bonds. The van der Waals surface area contributed by atoms with Crippen molar-refractivity contribution in [2.24, 2.45) is 5.73 Å². The number of amides is 1. The Labute approximate surface area is 140 Å². The van der Waals surface area contributed by atoms with Gasteiger partial charge in [-0.1, -0.05) is 35.9 Å². The quantitative estimate of drug-likeness (QED) is 0.900. The number of anilines is 1. The highest BCUT2D eigenvalue weighted by atomic mass is 35.5. The summed E-state index contributed by atoms with van der Waals surface area (Å²) in [7, 11) is -2.40. The molecule has 2 rings (SSSR count). The second-order valence-electron chi connectivity index (χ2n) is 4.75. The first kappa shape index (κ1) is 17.1. The van der Waals surface area contributed by atoms with Gasteiger partial charge in [-0.3, -0.25) is 9.10 Å². The van der Waals surface area contributed by atoms with E-state index in [0.29, 0.717) is 10.6 Å². The van der Waals surface area contributed by atoms with Gasteiger partial charge in [0.1, 0.15) is 0 Å². The van der Waals surface area contributed by atoms with Crippen molar-refractivity contribution in [2.75, 3.05) is 11.4 Å². The van der Waals surface area contributed by atoms with Crippen molar-refractivity contribution in [3.05, 3.63) is 70.1 Å². The number of sulfonamides is 1. The average Bonchev–Trinajstić information content (AvgIpc) is 2.53. The molecule has 0 atom stereocenters. The van der Waals surface area contributed by atoms with Gasteiger partial charge in [-0.05, 0) is 35.9 Å². The molecular formula is C16H15ClN2O3S. The van der Waals surface area contributed by atoms with Crippen LogP contribution in [0.5, 0.6) is 0 Å². The lowest BCUT2D eigenvalue weighted by Crippen LogP contribution is -2.27. The van der Waals surface area contributed by atoms with Crippen LogP contribution in [0.25, 0.3) is 6.08 Å². The van der Waals surface area contributed by atoms with Crippen molar-refractivity contribution in [1.82, 2.24) is 0 Å². The van der Waals surface area contributed by atoms with E-state index in [1.165, 1.54) is 25.3 Å². The SMILES string of the molecule is CN(c1ccccc1C(N)=O)S(=O)(=O)/C=C/c1ccc(Cl)cc1. The number of para-hydroxylation sites is 1. The Bertz CT molecular complexity index is 846. The summed E-state index contributed by atoms with van der Waals surface area (Å²) in [6.45, 7) is 0. The van der Waals surface area contributed by atoms with Crippen LogP contribution < -0.4 is 10.0 Å². The van der Waals surface area contributed by atoms with Gasteiger partial charge in [0.25, 0.3) is 15.9 Å². The van der Waals surface area contributed by atoms with Gasteiger partial charge >= 0.3 is 0 Å². The van der Waals surface area contributed by atoms with E-state index in [2.05, 4.69) is 0 Å². The summed E-state index contributed by atoms with van der Waals surface area (Å²) in [5.74, 6) is -0.690. The van der Waals surface area contributed by atoms with Gasteiger partial charge in [0, 0.05) is 12.1 Å². The Morgan fingerprint density at radius 2 is 1.74 bits per heavy atom. The molecule has 0 saturated heterocycles. The van der Waals surface area contributed by atoms with Gasteiger partial charge in [0.2, 0.25) is 0 Å². The fourth-order valence-electron chi connectivity index (χ4n) is 1.92. The molecule has 0 aliphatic rings. The predicted octanol–water partition coefficient (Wildman–Crippen LogP) is 2.88. The summed E-state index contributed by atoms with van der Waals surface area (Å²) in [6.07, 6.45) is 1.45. The third-order valence-electron chi connectivity index (χ3n) is 3.19. The van der Waals surface area contributed by atoms with Gasteiger partial charge < -0.3 is 5.73 Å². The largest absolute Gasteiger partial charge is 0.366 e. The molecule has 2 aromatic carbocycles. The van der Waals surface area contributed by atoms with Gasteiger partial charge in [0.05, 0.1) is 16.7 Å². The molecule has 0 aliphatic heterocycles. The molecule has 0 radical (unpaired) electrons. The molecule has 0 aliphatic carbocycles. The zero-order valence-corrected chi connectivity index (χ0v) is 13.9. The minimum atomic E-state index is -3.77. The molecule has 2 N–H and O–H groups in total. The van der Waals surface area contributed by atoms with Crippen LogP contribution in [0.4, 0.5) is 5.69 Å². The predicted molar refractivity (Wildman–Crippen MR) is 92.8 cm³/mol. The molecular weight excluding hydrogens is 336 g/mol. The zero-order chi connectivity index (χ0) is 17.0. The van der Waals surface area contributed by atoms with Gasteiger partial charge in [0.15, 0.2) is 0 Å². The lowest BCUT2D eigenvalue weighted by molar-refractivity contribution is 0.100. The molecule has 0 heterocycles. The van der Waals surface area contributed by atoms with Crippen LogP contribution in [0.2, 0.25) is 5.02 Å². The lowest BCUT2D eigenvalue weighted by atomic mass is 10.2. The van der Waals surface area contributed by atoms with Crippen LogP contribution in [0.1, 0.15) is 15.9 Å². The maximum Gasteiger partial charge on any atom is 0.257 e. The van der Waals surface area contributed by atoms with Crippen molar-refractivity contribution >= 4 is 39.3 Å². The fraction of sp³-hybridized carbons (Fsp3) is 0.0625. The van der Waals surface area contributed by atoms with E-state index in [0.717, 1.165) is 9.71 Å². The first-order chi connectivity index (χ1) is 10.8. The minimum Gasteiger partial charge on any atom is -0.366 e. The summed E-state index contributed by atoms with van der Waals surface area (Å²) in [5.41, 5.74) is 6.33. The molecule has 5 nitrogen and oxygen atoms in total. The highest BCUT2D eigenvalue weighted by molar-refractivity contribution is 7.95. The van der Waals surface area contributed by atoms with Crippen LogP contribution in [-0.2, 0) is 10.0 Å². The number of rotatable bonds is 5. The molecule has 0 fully saturated rings. The van der Waals surface area contributed by atoms with Crippen molar-refractivity contribution in [1.29, 1.82) is 0 Å². The molecule has 0 saturated carbocycles. The number of nitrogens with two attached hydrogens (primary N) is 1. The lowest BCUT2D eigenvalue weighted by Gasteiger charge is -2.19. The third-order valence-corrected chi connectivity index (χ3v) is 4.89. The number of primary amides is 1. The van der Waals surface area contributed by atoms with Crippen LogP contribution in [0.15, 0.2) is 53.9 Å². The Kier molecular flexibility index (Phi) is 5.08. The highest BCUT2D eigenvalue weighted by Crippen LogP contribution is 2.22. The second-order valence-corrected chi connectivity index (χ2v) is 7.03. The summed E-state index contributed by atoms with van der Waals surface area (Å²) in [4.78, 5) is 11.4. The summed E-state index contributed by atoms with van der Waals surface area (Å²) in [6, 6.07) is 13.0. The number of benzene rings is 2. The molecule has 23 heavy (non-hydrogen) atoms. The fourth-order valence-corrected chi connectivity index (χ4v) is 2.99. The zero-order valence-electron chi connectivity index (χ0n) is 12.3.